The minimum absolute atomic E-state index is 0.122. The number of Topliss-reactive ketones (excluding diaryl/α,β-unsaturated/α-hetero) is 1. The van der Waals surface area contributed by atoms with Crippen LogP contribution in [0.5, 0.6) is 0 Å². The van der Waals surface area contributed by atoms with E-state index in [1.54, 1.807) is 6.17 Å². The Balaban J connectivity index is 1.74. The molecule has 5 atom stereocenters. The summed E-state index contributed by atoms with van der Waals surface area (Å²) in [6.07, 6.45) is 11.0. The summed E-state index contributed by atoms with van der Waals surface area (Å²) in [4.78, 5) is 24.4. The zero-order chi connectivity index (χ0) is 16.9. The van der Waals surface area contributed by atoms with E-state index in [2.05, 4.69) is 12.8 Å². The minimum atomic E-state index is -0.139. The zero-order valence-electron chi connectivity index (χ0n) is 14.4. The molecule has 4 aliphatic rings. The summed E-state index contributed by atoms with van der Waals surface area (Å²) in [5, 5.41) is 0. The number of fused-ring (bicyclic) bond motifs is 5. The molecule has 4 aliphatic carbocycles. The number of ketones is 2. The van der Waals surface area contributed by atoms with E-state index in [4.69, 9.17) is 0 Å². The van der Waals surface area contributed by atoms with Gasteiger partial charge in [-0.2, -0.15) is 0 Å². The van der Waals surface area contributed by atoms with E-state index >= 15 is 0 Å². The van der Waals surface area contributed by atoms with Crippen molar-refractivity contribution in [2.45, 2.75) is 64.7 Å². The fourth-order valence-electron chi connectivity index (χ4n) is 6.66. The van der Waals surface area contributed by atoms with E-state index in [9.17, 15) is 14.0 Å². The molecule has 0 spiro atoms. The molecule has 3 fully saturated rings. The van der Waals surface area contributed by atoms with Crippen molar-refractivity contribution in [1.82, 2.24) is 0 Å². The van der Waals surface area contributed by atoms with E-state index < -0.39 is 0 Å². The first kappa shape index (κ1) is 16.1. The third kappa shape index (κ3) is 2.08. The molecule has 0 aromatic rings. The van der Waals surface area contributed by atoms with Crippen LogP contribution in [-0.2, 0) is 9.59 Å². The summed E-state index contributed by atoms with van der Waals surface area (Å²) in [7, 11) is 0. The molecule has 0 aromatic carbocycles. The van der Waals surface area contributed by atoms with Gasteiger partial charge >= 0.3 is 0 Å². The van der Waals surface area contributed by atoms with Gasteiger partial charge in [-0.05, 0) is 62.4 Å². The van der Waals surface area contributed by atoms with Gasteiger partial charge in [0.15, 0.2) is 5.78 Å². The van der Waals surface area contributed by atoms with Gasteiger partial charge in [0.25, 0.3) is 0 Å². The largest absolute Gasteiger partial charge is 0.299 e. The average molecular weight is 328 g/mol. The van der Waals surface area contributed by atoms with Gasteiger partial charge in [0.2, 0.25) is 0 Å². The topological polar surface area (TPSA) is 34.1 Å². The lowest BCUT2D eigenvalue weighted by atomic mass is 9.46. The van der Waals surface area contributed by atoms with Crippen LogP contribution in [0.2, 0.25) is 0 Å². The third-order valence-corrected chi connectivity index (χ3v) is 7.87. The number of rotatable bonds is 1. The maximum absolute atomic E-state index is 12.6. The van der Waals surface area contributed by atoms with Gasteiger partial charge in [0.1, 0.15) is 12.0 Å². The molecular formula is C21H25FO2. The van der Waals surface area contributed by atoms with Gasteiger partial charge in [-0.3, -0.25) is 9.59 Å². The fraction of sp³-hybridized carbons (Fsp3) is 0.714. The Bertz CT molecular complexity index is 682. The number of carbonyl (C=O) groups is 2. The number of allylic oxidation sites excluding steroid dienone is 1. The van der Waals surface area contributed by atoms with Gasteiger partial charge < -0.3 is 0 Å². The predicted octanol–water partition coefficient (Wildman–Crippen LogP) is 4.39. The van der Waals surface area contributed by atoms with Crippen molar-refractivity contribution in [3.05, 3.63) is 11.6 Å². The number of hydrogen-bond donors (Lipinski definition) is 0. The van der Waals surface area contributed by atoms with Crippen LogP contribution in [0.1, 0.15) is 64.7 Å². The lowest BCUT2D eigenvalue weighted by molar-refractivity contribution is -0.132. The third-order valence-electron chi connectivity index (χ3n) is 7.87. The molecule has 24 heavy (non-hydrogen) atoms. The van der Waals surface area contributed by atoms with Crippen LogP contribution < -0.4 is 0 Å². The summed E-state index contributed by atoms with van der Waals surface area (Å²) in [6.45, 7) is 2.17. The predicted molar refractivity (Wildman–Crippen MR) is 89.5 cm³/mol. The quantitative estimate of drug-likeness (QED) is 0.669. The highest BCUT2D eigenvalue weighted by Crippen LogP contribution is 2.65. The monoisotopic (exact) mass is 328 g/mol. The van der Waals surface area contributed by atoms with Crippen molar-refractivity contribution in [3.8, 4) is 12.1 Å². The van der Waals surface area contributed by atoms with Crippen molar-refractivity contribution in [2.24, 2.45) is 28.6 Å². The van der Waals surface area contributed by atoms with Gasteiger partial charge in [0.05, 0.1) is 0 Å². The van der Waals surface area contributed by atoms with Crippen molar-refractivity contribution < 1.29 is 14.0 Å². The molecule has 0 unspecified atom stereocenters. The summed E-state index contributed by atoms with van der Waals surface area (Å²) < 4.78 is 12.6. The van der Waals surface area contributed by atoms with Gasteiger partial charge in [-0.15, -0.1) is 4.39 Å². The van der Waals surface area contributed by atoms with Crippen LogP contribution >= 0.6 is 0 Å². The smallest absolute Gasteiger partial charge is 0.155 e. The first-order valence-electron chi connectivity index (χ1n) is 9.37. The molecular weight excluding hydrogens is 303 g/mol. The second-order valence-electron chi connectivity index (χ2n) is 8.57. The summed E-state index contributed by atoms with van der Waals surface area (Å²) in [5.74, 6) is 4.81. The Hall–Kier alpha value is -1.43. The van der Waals surface area contributed by atoms with E-state index in [1.165, 1.54) is 5.57 Å². The van der Waals surface area contributed by atoms with Crippen molar-refractivity contribution in [2.75, 3.05) is 0 Å². The van der Waals surface area contributed by atoms with E-state index in [-0.39, 0.29) is 16.6 Å². The molecule has 0 radical (unpaired) electrons. The van der Waals surface area contributed by atoms with Crippen molar-refractivity contribution in [1.29, 1.82) is 0 Å². The Morgan fingerprint density at radius 1 is 1.12 bits per heavy atom. The molecule has 0 amide bonds. The normalized spacial score (nSPS) is 43.9. The Labute approximate surface area is 143 Å². The molecule has 2 nitrogen and oxygen atoms in total. The van der Waals surface area contributed by atoms with Gasteiger partial charge in [-0.1, -0.05) is 18.4 Å². The van der Waals surface area contributed by atoms with Crippen LogP contribution in [0, 0.1) is 40.7 Å². The summed E-state index contributed by atoms with van der Waals surface area (Å²) in [5.41, 5.74) is 0.957. The lowest BCUT2D eigenvalue weighted by Crippen LogP contribution is -2.51. The molecule has 0 saturated heterocycles. The zero-order valence-corrected chi connectivity index (χ0v) is 14.4. The Kier molecular flexibility index (Phi) is 3.71. The maximum atomic E-state index is 12.6. The van der Waals surface area contributed by atoms with Crippen molar-refractivity contribution in [3.63, 3.8) is 0 Å². The molecule has 128 valence electrons. The van der Waals surface area contributed by atoms with E-state index in [0.29, 0.717) is 36.4 Å². The second-order valence-corrected chi connectivity index (χ2v) is 8.57. The van der Waals surface area contributed by atoms with Crippen LogP contribution in [0.15, 0.2) is 11.6 Å². The first-order valence-corrected chi connectivity index (χ1v) is 9.37. The Morgan fingerprint density at radius 3 is 2.75 bits per heavy atom. The average Bonchev–Trinajstić information content (AvgIpc) is 2.88. The highest BCUT2D eigenvalue weighted by atomic mass is 19.1. The van der Waals surface area contributed by atoms with Crippen molar-refractivity contribution >= 4 is 11.6 Å². The molecule has 0 aliphatic heterocycles. The standard InChI is InChI=1S/C21H25FO2/c1-20-10-8-18-16(17(20)5-6-19(20)24)4-3-14-13-15(23)7-11-21(14,18)9-2-12-22/h13,16-18H,3-11H2,1H3/t16-,17-,18-,20-,21-/m0/s1. The number of hydrogen-bond acceptors (Lipinski definition) is 2. The summed E-state index contributed by atoms with van der Waals surface area (Å²) in [6, 6.07) is 0. The van der Waals surface area contributed by atoms with Crippen LogP contribution in [0.25, 0.3) is 0 Å². The first-order chi connectivity index (χ1) is 11.5. The molecule has 0 N–H and O–H groups in total. The highest BCUT2D eigenvalue weighted by Gasteiger charge is 2.59. The molecule has 0 aromatic heterocycles. The summed E-state index contributed by atoms with van der Waals surface area (Å²) >= 11 is 0. The molecule has 3 heteroatoms. The van der Waals surface area contributed by atoms with Gasteiger partial charge in [0, 0.05) is 30.1 Å². The molecule has 4 rings (SSSR count). The van der Waals surface area contributed by atoms with Crippen LogP contribution in [0.3, 0.4) is 0 Å². The highest BCUT2D eigenvalue weighted by molar-refractivity contribution is 5.91. The Morgan fingerprint density at radius 2 is 1.96 bits per heavy atom. The molecule has 0 heterocycles. The second kappa shape index (κ2) is 5.55. The fourth-order valence-corrected chi connectivity index (χ4v) is 6.66. The van der Waals surface area contributed by atoms with E-state index in [0.717, 1.165) is 44.9 Å². The minimum Gasteiger partial charge on any atom is -0.299 e. The lowest BCUT2D eigenvalue weighted by Gasteiger charge is -2.57. The van der Waals surface area contributed by atoms with Gasteiger partial charge in [-0.25, -0.2) is 0 Å². The maximum Gasteiger partial charge on any atom is 0.155 e. The van der Waals surface area contributed by atoms with E-state index in [1.807, 2.05) is 6.08 Å². The molecule has 0 bridgehead atoms. The SMILES string of the molecule is C[C@]12CC[C@H]3[C@@H](CCC4=CC(=O)CC[C@@]43CC#CF)[C@@H]1CCC2=O. The number of carbonyl (C=O) groups excluding carboxylic acids is 2. The number of halogens is 1. The van der Waals surface area contributed by atoms with Crippen LogP contribution in [-0.4, -0.2) is 11.6 Å². The molecule has 3 saturated carbocycles. The van der Waals surface area contributed by atoms with Crippen LogP contribution in [0.4, 0.5) is 4.39 Å².